The summed E-state index contributed by atoms with van der Waals surface area (Å²) < 4.78 is 0. The van der Waals surface area contributed by atoms with Crippen LogP contribution in [0, 0.1) is 5.92 Å². The molecule has 1 nitrogen and oxygen atoms in total. The number of hydrogen-bond acceptors (Lipinski definition) is 1. The van der Waals surface area contributed by atoms with Gasteiger partial charge >= 0.3 is 0 Å². The number of hydrogen-bond donors (Lipinski definition) is 0. The quantitative estimate of drug-likeness (QED) is 0.445. The van der Waals surface area contributed by atoms with Crippen LogP contribution in [0.2, 0.25) is 0 Å². The summed E-state index contributed by atoms with van der Waals surface area (Å²) in [6, 6.07) is 12.1. The van der Waals surface area contributed by atoms with E-state index in [9.17, 15) is 0 Å². The van der Waals surface area contributed by atoms with E-state index in [1.165, 1.54) is 57.8 Å². The van der Waals surface area contributed by atoms with Crippen molar-refractivity contribution >= 4 is 7.92 Å². The average Bonchev–Trinajstić information content (AvgIpc) is 3.19. The summed E-state index contributed by atoms with van der Waals surface area (Å²) in [6.07, 6.45) is 19.8. The van der Waals surface area contributed by atoms with Crippen molar-refractivity contribution in [2.45, 2.75) is 106 Å². The Hall–Kier alpha value is -0.390. The van der Waals surface area contributed by atoms with Gasteiger partial charge in [0.1, 0.15) is 0 Å². The first-order valence-corrected chi connectivity index (χ1v) is 13.8. The fourth-order valence-corrected chi connectivity index (χ4v) is 11.7. The Morgan fingerprint density at radius 1 is 0.714 bits per heavy atom. The average molecular weight is 400 g/mol. The third kappa shape index (κ3) is 4.67. The van der Waals surface area contributed by atoms with E-state index in [0.717, 1.165) is 22.9 Å². The highest BCUT2D eigenvalue weighted by Gasteiger charge is 2.44. The lowest BCUT2D eigenvalue weighted by atomic mass is 9.90. The van der Waals surface area contributed by atoms with Gasteiger partial charge in [-0.05, 0) is 81.1 Å². The SMILES string of the molecule is CN(C)[C@H](c1ccccc1)[C@@H]1CCC[C@H]1P(C1CCCCC1)C1CCCCC1. The normalized spacial score (nSPS) is 28.9. The zero-order valence-corrected chi connectivity index (χ0v) is 19.3. The lowest BCUT2D eigenvalue weighted by Gasteiger charge is -2.46. The van der Waals surface area contributed by atoms with Gasteiger partial charge < -0.3 is 4.90 Å². The summed E-state index contributed by atoms with van der Waals surface area (Å²) in [5, 5.41) is 0. The molecule has 1 aromatic carbocycles. The van der Waals surface area contributed by atoms with Gasteiger partial charge in [-0.2, -0.15) is 0 Å². The van der Waals surface area contributed by atoms with Gasteiger partial charge in [-0.3, -0.25) is 0 Å². The molecule has 3 aliphatic carbocycles. The van der Waals surface area contributed by atoms with Gasteiger partial charge in [0.2, 0.25) is 0 Å². The highest BCUT2D eigenvalue weighted by atomic mass is 31.1. The predicted octanol–water partition coefficient (Wildman–Crippen LogP) is 7.61. The summed E-state index contributed by atoms with van der Waals surface area (Å²) >= 11 is 0. The Balaban J connectivity index is 1.62. The minimum absolute atomic E-state index is 0.188. The summed E-state index contributed by atoms with van der Waals surface area (Å²) in [5.41, 5.74) is 4.77. The first-order chi connectivity index (χ1) is 13.8. The highest BCUT2D eigenvalue weighted by molar-refractivity contribution is 7.60. The van der Waals surface area contributed by atoms with Gasteiger partial charge in [0.25, 0.3) is 0 Å². The molecule has 2 heteroatoms. The molecule has 0 aliphatic heterocycles. The van der Waals surface area contributed by atoms with Crippen LogP contribution in [0.4, 0.5) is 0 Å². The maximum atomic E-state index is 2.55. The largest absolute Gasteiger partial charge is 0.302 e. The van der Waals surface area contributed by atoms with Gasteiger partial charge in [0, 0.05) is 6.04 Å². The van der Waals surface area contributed by atoms with Crippen LogP contribution >= 0.6 is 7.92 Å². The van der Waals surface area contributed by atoms with E-state index >= 15 is 0 Å². The number of benzene rings is 1. The van der Waals surface area contributed by atoms with Gasteiger partial charge in [-0.15, -0.1) is 0 Å². The van der Waals surface area contributed by atoms with E-state index < -0.39 is 0 Å². The molecular formula is C26H42NP. The Morgan fingerprint density at radius 3 is 1.82 bits per heavy atom. The van der Waals surface area contributed by atoms with Crippen molar-refractivity contribution in [3.63, 3.8) is 0 Å². The highest BCUT2D eigenvalue weighted by Crippen LogP contribution is 2.65. The van der Waals surface area contributed by atoms with E-state index in [2.05, 4.69) is 49.3 Å². The van der Waals surface area contributed by atoms with E-state index in [-0.39, 0.29) is 7.92 Å². The van der Waals surface area contributed by atoms with Crippen LogP contribution in [0.1, 0.15) is 95.1 Å². The molecule has 4 rings (SSSR count). The zero-order chi connectivity index (χ0) is 19.3. The zero-order valence-electron chi connectivity index (χ0n) is 18.4. The third-order valence-corrected chi connectivity index (χ3v) is 12.1. The molecular weight excluding hydrogens is 357 g/mol. The van der Waals surface area contributed by atoms with Crippen LogP contribution in [-0.4, -0.2) is 36.0 Å². The van der Waals surface area contributed by atoms with Crippen molar-refractivity contribution in [1.29, 1.82) is 0 Å². The molecule has 3 saturated carbocycles. The number of nitrogens with zero attached hydrogens (tertiary/aromatic N) is 1. The lowest BCUT2D eigenvalue weighted by Crippen LogP contribution is -2.35. The smallest absolute Gasteiger partial charge is 0.0376 e. The Kier molecular flexibility index (Phi) is 7.51. The summed E-state index contributed by atoms with van der Waals surface area (Å²) in [5.74, 6) is 0.882. The van der Waals surface area contributed by atoms with Crippen LogP contribution in [0.5, 0.6) is 0 Å². The molecule has 0 aromatic heterocycles. The first-order valence-electron chi connectivity index (χ1n) is 12.2. The maximum absolute atomic E-state index is 2.55. The lowest BCUT2D eigenvalue weighted by molar-refractivity contribution is 0.215. The van der Waals surface area contributed by atoms with Crippen molar-refractivity contribution in [1.82, 2.24) is 4.90 Å². The Bertz CT molecular complexity index is 555. The van der Waals surface area contributed by atoms with Crippen LogP contribution in [0.15, 0.2) is 30.3 Å². The predicted molar refractivity (Wildman–Crippen MR) is 125 cm³/mol. The fraction of sp³-hybridized carbons (Fsp3) is 0.769. The molecule has 0 bridgehead atoms. The minimum Gasteiger partial charge on any atom is -0.302 e. The van der Waals surface area contributed by atoms with Gasteiger partial charge in [-0.25, -0.2) is 0 Å². The standard InChI is InChI=1S/C26H42NP/c1-27(2)26(21-13-6-3-7-14-21)24-19-12-20-25(24)28(22-15-8-4-9-16-22)23-17-10-5-11-18-23/h3,6-7,13-14,22-26H,4-5,8-12,15-20H2,1-2H3/t24-,25-,26-/m1/s1. The Labute approximate surface area is 175 Å². The van der Waals surface area contributed by atoms with Crippen molar-refractivity contribution in [2.75, 3.05) is 14.1 Å². The van der Waals surface area contributed by atoms with E-state index in [1.54, 1.807) is 31.2 Å². The molecule has 0 saturated heterocycles. The van der Waals surface area contributed by atoms with E-state index in [1.807, 2.05) is 0 Å². The van der Waals surface area contributed by atoms with Gasteiger partial charge in [0.05, 0.1) is 0 Å². The minimum atomic E-state index is 0.188. The first kappa shape index (κ1) is 20.9. The molecule has 0 amide bonds. The number of rotatable bonds is 6. The van der Waals surface area contributed by atoms with Crippen molar-refractivity contribution in [2.24, 2.45) is 5.92 Å². The summed E-state index contributed by atoms with van der Waals surface area (Å²) in [6.45, 7) is 0. The maximum Gasteiger partial charge on any atom is 0.0376 e. The molecule has 0 heterocycles. The van der Waals surface area contributed by atoms with Crippen molar-refractivity contribution in [3.05, 3.63) is 35.9 Å². The van der Waals surface area contributed by atoms with E-state index in [0.29, 0.717) is 6.04 Å². The molecule has 28 heavy (non-hydrogen) atoms. The van der Waals surface area contributed by atoms with Crippen LogP contribution in [0.25, 0.3) is 0 Å². The van der Waals surface area contributed by atoms with Gasteiger partial charge in [0.15, 0.2) is 0 Å². The molecule has 0 spiro atoms. The molecule has 0 radical (unpaired) electrons. The van der Waals surface area contributed by atoms with Crippen LogP contribution < -0.4 is 0 Å². The second kappa shape index (κ2) is 10.1. The third-order valence-electron chi connectivity index (χ3n) is 8.01. The molecule has 156 valence electrons. The summed E-state index contributed by atoms with van der Waals surface area (Å²) in [4.78, 5) is 2.55. The van der Waals surface area contributed by atoms with Crippen molar-refractivity contribution < 1.29 is 0 Å². The second-order valence-corrected chi connectivity index (χ2v) is 13.0. The fourth-order valence-electron chi connectivity index (χ4n) is 6.88. The van der Waals surface area contributed by atoms with Crippen LogP contribution in [-0.2, 0) is 0 Å². The monoisotopic (exact) mass is 399 g/mol. The topological polar surface area (TPSA) is 3.24 Å². The summed E-state index contributed by atoms with van der Waals surface area (Å²) in [7, 11) is 4.85. The van der Waals surface area contributed by atoms with E-state index in [4.69, 9.17) is 0 Å². The molecule has 3 fully saturated rings. The van der Waals surface area contributed by atoms with Crippen LogP contribution in [0.3, 0.4) is 0 Å². The molecule has 1 aromatic rings. The van der Waals surface area contributed by atoms with Crippen molar-refractivity contribution in [3.8, 4) is 0 Å². The molecule has 3 atom stereocenters. The molecule has 0 unspecified atom stereocenters. The molecule has 0 N–H and O–H groups in total. The van der Waals surface area contributed by atoms with Gasteiger partial charge in [-0.1, -0.05) is 83.2 Å². The second-order valence-electron chi connectivity index (χ2n) is 10.0. The molecule has 3 aliphatic rings. The Morgan fingerprint density at radius 2 is 1.29 bits per heavy atom.